The molecule has 1 heterocycles. The maximum atomic E-state index is 13.2. The minimum absolute atomic E-state index is 0.279. The molecule has 0 aromatic heterocycles. The predicted octanol–water partition coefficient (Wildman–Crippen LogP) is 2.65. The normalized spacial score (nSPS) is 17.6. The predicted molar refractivity (Wildman–Crippen MR) is 78.1 cm³/mol. The summed E-state index contributed by atoms with van der Waals surface area (Å²) in [4.78, 5) is 2.39. The molecule has 1 N–H and O–H groups in total. The lowest BCUT2D eigenvalue weighted by Crippen LogP contribution is -2.42. The first-order valence-electron chi connectivity index (χ1n) is 6.66. The van der Waals surface area contributed by atoms with Gasteiger partial charge in [-0.15, -0.1) is 0 Å². The first kappa shape index (κ1) is 14.8. The van der Waals surface area contributed by atoms with Gasteiger partial charge in [-0.05, 0) is 45.1 Å². The van der Waals surface area contributed by atoms with E-state index in [0.717, 1.165) is 19.6 Å². The molecule has 5 heteroatoms. The van der Waals surface area contributed by atoms with E-state index < -0.39 is 0 Å². The van der Waals surface area contributed by atoms with Crippen LogP contribution in [0.15, 0.2) is 22.7 Å². The second-order valence-electron chi connectivity index (χ2n) is 4.86. The van der Waals surface area contributed by atoms with Crippen LogP contribution in [0.25, 0.3) is 0 Å². The molecular formula is C14H20BrFN2O. The standard InChI is InChI=1S/C14H20BrFN2O/c1-17-13-2-4-18(5-3-13)6-7-19-14-9-11(15)8-12(16)10-14/h8-10,13,17H,2-7H2,1H3. The first-order chi connectivity index (χ1) is 9.17. The third-order valence-electron chi connectivity index (χ3n) is 3.51. The Bertz CT molecular complexity index is 388. The van der Waals surface area contributed by atoms with Gasteiger partial charge in [-0.3, -0.25) is 4.90 Å². The van der Waals surface area contributed by atoms with E-state index in [-0.39, 0.29) is 5.82 Å². The molecule has 1 aliphatic heterocycles. The second-order valence-corrected chi connectivity index (χ2v) is 5.77. The maximum Gasteiger partial charge on any atom is 0.128 e. The average molecular weight is 331 g/mol. The molecule has 1 aliphatic rings. The van der Waals surface area contributed by atoms with Gasteiger partial charge in [0.2, 0.25) is 0 Å². The number of likely N-dealkylation sites (tertiary alicyclic amines) is 1. The number of nitrogens with one attached hydrogen (secondary N) is 1. The Balaban J connectivity index is 1.72. The van der Waals surface area contributed by atoms with Gasteiger partial charge in [0.1, 0.15) is 18.2 Å². The first-order valence-corrected chi connectivity index (χ1v) is 7.45. The molecule has 0 saturated carbocycles. The number of piperidine rings is 1. The fraction of sp³-hybridized carbons (Fsp3) is 0.571. The molecule has 1 aromatic carbocycles. The van der Waals surface area contributed by atoms with Crippen LogP contribution in [0.1, 0.15) is 12.8 Å². The highest BCUT2D eigenvalue weighted by Crippen LogP contribution is 2.20. The van der Waals surface area contributed by atoms with E-state index in [9.17, 15) is 4.39 Å². The second kappa shape index (κ2) is 7.22. The van der Waals surface area contributed by atoms with Gasteiger partial charge < -0.3 is 10.1 Å². The molecule has 1 aromatic rings. The number of rotatable bonds is 5. The van der Waals surface area contributed by atoms with Crippen LogP contribution < -0.4 is 10.1 Å². The van der Waals surface area contributed by atoms with Crippen LogP contribution in [0.2, 0.25) is 0 Å². The molecule has 0 amide bonds. The van der Waals surface area contributed by atoms with Crippen molar-refractivity contribution in [2.45, 2.75) is 18.9 Å². The Labute approximate surface area is 122 Å². The zero-order valence-electron chi connectivity index (χ0n) is 11.2. The summed E-state index contributed by atoms with van der Waals surface area (Å²) < 4.78 is 19.5. The third-order valence-corrected chi connectivity index (χ3v) is 3.97. The molecule has 0 atom stereocenters. The zero-order chi connectivity index (χ0) is 13.7. The van der Waals surface area contributed by atoms with Crippen molar-refractivity contribution in [1.82, 2.24) is 10.2 Å². The van der Waals surface area contributed by atoms with Gasteiger partial charge in [0.05, 0.1) is 0 Å². The van der Waals surface area contributed by atoms with Crippen molar-refractivity contribution in [3.05, 3.63) is 28.5 Å². The smallest absolute Gasteiger partial charge is 0.128 e. The van der Waals surface area contributed by atoms with Gasteiger partial charge in [0.25, 0.3) is 0 Å². The lowest BCUT2D eigenvalue weighted by atomic mass is 10.1. The Morgan fingerprint density at radius 3 is 2.74 bits per heavy atom. The number of halogens is 2. The van der Waals surface area contributed by atoms with Gasteiger partial charge in [-0.1, -0.05) is 15.9 Å². The van der Waals surface area contributed by atoms with Crippen molar-refractivity contribution in [2.24, 2.45) is 0 Å². The summed E-state index contributed by atoms with van der Waals surface area (Å²) in [6, 6.07) is 5.28. The van der Waals surface area contributed by atoms with Crippen LogP contribution in [0.4, 0.5) is 4.39 Å². The van der Waals surface area contributed by atoms with Crippen LogP contribution in [-0.4, -0.2) is 44.2 Å². The van der Waals surface area contributed by atoms with Crippen molar-refractivity contribution in [1.29, 1.82) is 0 Å². The van der Waals surface area contributed by atoms with Crippen molar-refractivity contribution in [3.8, 4) is 5.75 Å². The molecule has 0 spiro atoms. The summed E-state index contributed by atoms with van der Waals surface area (Å²) >= 11 is 3.26. The minimum atomic E-state index is -0.279. The Hall–Kier alpha value is -0.650. The van der Waals surface area contributed by atoms with E-state index in [1.54, 1.807) is 6.07 Å². The van der Waals surface area contributed by atoms with Gasteiger partial charge in [-0.2, -0.15) is 0 Å². The number of hydrogen-bond acceptors (Lipinski definition) is 3. The Kier molecular flexibility index (Phi) is 5.60. The van der Waals surface area contributed by atoms with Crippen molar-refractivity contribution < 1.29 is 9.13 Å². The maximum absolute atomic E-state index is 13.2. The summed E-state index contributed by atoms with van der Waals surface area (Å²) in [6.45, 7) is 3.69. The van der Waals surface area contributed by atoms with Gasteiger partial charge >= 0.3 is 0 Å². The van der Waals surface area contributed by atoms with Crippen molar-refractivity contribution >= 4 is 15.9 Å². The molecule has 0 aliphatic carbocycles. The minimum Gasteiger partial charge on any atom is -0.492 e. The number of nitrogens with zero attached hydrogens (tertiary/aromatic N) is 1. The van der Waals surface area contributed by atoms with E-state index in [4.69, 9.17) is 4.74 Å². The molecular weight excluding hydrogens is 311 g/mol. The number of ether oxygens (including phenoxy) is 1. The quantitative estimate of drug-likeness (QED) is 0.898. The fourth-order valence-corrected chi connectivity index (χ4v) is 2.79. The van der Waals surface area contributed by atoms with Crippen molar-refractivity contribution in [3.63, 3.8) is 0 Å². The highest BCUT2D eigenvalue weighted by atomic mass is 79.9. The monoisotopic (exact) mass is 330 g/mol. The largest absolute Gasteiger partial charge is 0.492 e. The Morgan fingerprint density at radius 1 is 1.37 bits per heavy atom. The summed E-state index contributed by atoms with van der Waals surface area (Å²) in [6.07, 6.45) is 2.37. The molecule has 0 radical (unpaired) electrons. The lowest BCUT2D eigenvalue weighted by molar-refractivity contribution is 0.167. The molecule has 106 valence electrons. The molecule has 3 nitrogen and oxygen atoms in total. The Morgan fingerprint density at radius 2 is 2.11 bits per heavy atom. The average Bonchev–Trinajstić information content (AvgIpc) is 2.38. The molecule has 2 rings (SSSR count). The molecule has 0 bridgehead atoms. The van der Waals surface area contributed by atoms with Gasteiger partial charge in [-0.25, -0.2) is 4.39 Å². The molecule has 0 unspecified atom stereocenters. The molecule has 1 saturated heterocycles. The van der Waals surface area contributed by atoms with E-state index in [1.165, 1.54) is 25.0 Å². The van der Waals surface area contributed by atoms with E-state index in [0.29, 0.717) is 22.9 Å². The van der Waals surface area contributed by atoms with E-state index >= 15 is 0 Å². The topological polar surface area (TPSA) is 24.5 Å². The summed E-state index contributed by atoms with van der Waals surface area (Å²) in [5.41, 5.74) is 0. The summed E-state index contributed by atoms with van der Waals surface area (Å²) in [5, 5.41) is 3.31. The fourth-order valence-electron chi connectivity index (χ4n) is 2.35. The summed E-state index contributed by atoms with van der Waals surface area (Å²) in [5.74, 6) is 0.302. The highest BCUT2D eigenvalue weighted by Gasteiger charge is 2.17. The van der Waals surface area contributed by atoms with Crippen LogP contribution >= 0.6 is 15.9 Å². The van der Waals surface area contributed by atoms with E-state index in [1.807, 2.05) is 7.05 Å². The number of benzene rings is 1. The zero-order valence-corrected chi connectivity index (χ0v) is 12.7. The third kappa shape index (κ3) is 4.75. The van der Waals surface area contributed by atoms with Crippen LogP contribution in [-0.2, 0) is 0 Å². The van der Waals surface area contributed by atoms with Crippen molar-refractivity contribution in [2.75, 3.05) is 33.3 Å². The number of hydrogen-bond donors (Lipinski definition) is 1. The van der Waals surface area contributed by atoms with Gasteiger partial charge in [0, 0.05) is 23.1 Å². The van der Waals surface area contributed by atoms with Crippen LogP contribution in [0.3, 0.4) is 0 Å². The van der Waals surface area contributed by atoms with E-state index in [2.05, 4.69) is 26.1 Å². The van der Waals surface area contributed by atoms with Gasteiger partial charge in [0.15, 0.2) is 0 Å². The van der Waals surface area contributed by atoms with Crippen LogP contribution in [0.5, 0.6) is 5.75 Å². The molecule has 1 fully saturated rings. The SMILES string of the molecule is CNC1CCN(CCOc2cc(F)cc(Br)c2)CC1. The summed E-state index contributed by atoms with van der Waals surface area (Å²) in [7, 11) is 2.02. The highest BCUT2D eigenvalue weighted by molar-refractivity contribution is 9.10. The lowest BCUT2D eigenvalue weighted by Gasteiger charge is -2.31. The van der Waals surface area contributed by atoms with Crippen LogP contribution in [0, 0.1) is 5.82 Å². The molecule has 19 heavy (non-hydrogen) atoms.